The maximum atomic E-state index is 14.0. The molecule has 2 aromatic carbocycles. The standard InChI is InChI=1S/C23H26FN3O2/c1-16(25-15-19-14-23(29-26-19)17-5-3-2-4-6-17)21-13-18(24)7-8-22(21)27-11-9-20(28)10-12-27/h2-8,13-14,16,20,25,28H,9-12,15H2,1H3/t16-/m0/s1. The highest BCUT2D eigenvalue weighted by molar-refractivity contribution is 5.57. The minimum absolute atomic E-state index is 0.0653. The van der Waals surface area contributed by atoms with Gasteiger partial charge in [-0.3, -0.25) is 0 Å². The molecule has 0 amide bonds. The first-order valence-corrected chi connectivity index (χ1v) is 10.1. The van der Waals surface area contributed by atoms with Crippen LogP contribution in [0, 0.1) is 5.82 Å². The Morgan fingerprint density at radius 2 is 1.93 bits per heavy atom. The number of benzene rings is 2. The summed E-state index contributed by atoms with van der Waals surface area (Å²) in [6.45, 7) is 4.09. The average Bonchev–Trinajstić information content (AvgIpc) is 3.22. The fraction of sp³-hybridized carbons (Fsp3) is 0.348. The molecule has 1 atom stereocenters. The van der Waals surface area contributed by atoms with E-state index in [1.807, 2.05) is 49.4 Å². The van der Waals surface area contributed by atoms with Gasteiger partial charge >= 0.3 is 0 Å². The Hall–Kier alpha value is -2.70. The van der Waals surface area contributed by atoms with E-state index in [4.69, 9.17) is 4.52 Å². The van der Waals surface area contributed by atoms with Gasteiger partial charge in [0.25, 0.3) is 0 Å². The normalized spacial score (nSPS) is 16.2. The zero-order valence-corrected chi connectivity index (χ0v) is 16.5. The number of hydrogen-bond acceptors (Lipinski definition) is 5. The highest BCUT2D eigenvalue weighted by Gasteiger charge is 2.22. The Labute approximate surface area is 170 Å². The van der Waals surface area contributed by atoms with Crippen molar-refractivity contribution >= 4 is 5.69 Å². The second-order valence-corrected chi connectivity index (χ2v) is 7.57. The molecule has 4 rings (SSSR count). The van der Waals surface area contributed by atoms with Crippen LogP contribution in [0.15, 0.2) is 59.1 Å². The molecule has 0 unspecified atom stereocenters. The molecule has 29 heavy (non-hydrogen) atoms. The molecule has 1 fully saturated rings. The van der Waals surface area contributed by atoms with Crippen LogP contribution in [0.25, 0.3) is 11.3 Å². The van der Waals surface area contributed by atoms with Gasteiger partial charge in [-0.05, 0) is 43.5 Å². The van der Waals surface area contributed by atoms with Crippen molar-refractivity contribution in [3.8, 4) is 11.3 Å². The zero-order valence-electron chi connectivity index (χ0n) is 16.5. The van der Waals surface area contributed by atoms with Gasteiger partial charge in [0.2, 0.25) is 0 Å². The van der Waals surface area contributed by atoms with Crippen LogP contribution in [0.1, 0.15) is 37.1 Å². The lowest BCUT2D eigenvalue weighted by molar-refractivity contribution is 0.145. The minimum atomic E-state index is -0.248. The van der Waals surface area contributed by atoms with E-state index in [1.165, 1.54) is 6.07 Å². The fourth-order valence-corrected chi connectivity index (χ4v) is 3.77. The number of aromatic nitrogens is 1. The molecule has 2 heterocycles. The number of anilines is 1. The van der Waals surface area contributed by atoms with Crippen LogP contribution >= 0.6 is 0 Å². The molecule has 1 aromatic heterocycles. The molecule has 0 spiro atoms. The van der Waals surface area contributed by atoms with Crippen LogP contribution in [0.3, 0.4) is 0 Å². The first kappa shape index (κ1) is 19.6. The molecule has 3 aromatic rings. The summed E-state index contributed by atoms with van der Waals surface area (Å²) in [5, 5.41) is 17.4. The molecule has 1 saturated heterocycles. The average molecular weight is 395 g/mol. The predicted molar refractivity (Wildman–Crippen MR) is 111 cm³/mol. The number of halogens is 1. The molecule has 1 aliphatic rings. The van der Waals surface area contributed by atoms with E-state index >= 15 is 0 Å². The molecule has 0 saturated carbocycles. The van der Waals surface area contributed by atoms with Crippen molar-refractivity contribution in [2.24, 2.45) is 0 Å². The number of aliphatic hydroxyl groups excluding tert-OH is 1. The lowest BCUT2D eigenvalue weighted by Crippen LogP contribution is -2.37. The Morgan fingerprint density at radius 3 is 2.69 bits per heavy atom. The molecule has 1 aliphatic heterocycles. The Morgan fingerprint density at radius 1 is 1.17 bits per heavy atom. The summed E-state index contributed by atoms with van der Waals surface area (Å²) in [6.07, 6.45) is 1.23. The van der Waals surface area contributed by atoms with E-state index < -0.39 is 0 Å². The molecule has 0 bridgehead atoms. The fourth-order valence-electron chi connectivity index (χ4n) is 3.77. The topological polar surface area (TPSA) is 61.5 Å². The monoisotopic (exact) mass is 395 g/mol. The molecule has 0 aliphatic carbocycles. The van der Waals surface area contributed by atoms with Gasteiger partial charge in [0.1, 0.15) is 5.82 Å². The number of nitrogens with zero attached hydrogens (tertiary/aromatic N) is 2. The second-order valence-electron chi connectivity index (χ2n) is 7.57. The lowest BCUT2D eigenvalue weighted by atomic mass is 10.0. The summed E-state index contributed by atoms with van der Waals surface area (Å²) < 4.78 is 19.4. The van der Waals surface area contributed by atoms with Gasteiger partial charge in [0.05, 0.1) is 11.8 Å². The van der Waals surface area contributed by atoms with Crippen molar-refractivity contribution in [2.75, 3.05) is 18.0 Å². The first-order chi connectivity index (χ1) is 14.1. The minimum Gasteiger partial charge on any atom is -0.393 e. The van der Waals surface area contributed by atoms with E-state index in [0.29, 0.717) is 6.54 Å². The smallest absolute Gasteiger partial charge is 0.167 e. The third-order valence-electron chi connectivity index (χ3n) is 5.47. The quantitative estimate of drug-likeness (QED) is 0.652. The van der Waals surface area contributed by atoms with Gasteiger partial charge in [-0.25, -0.2) is 4.39 Å². The number of nitrogens with one attached hydrogen (secondary N) is 1. The Balaban J connectivity index is 1.45. The van der Waals surface area contributed by atoms with Crippen molar-refractivity contribution in [1.29, 1.82) is 0 Å². The predicted octanol–water partition coefficient (Wildman–Crippen LogP) is 4.29. The number of aliphatic hydroxyl groups is 1. The summed E-state index contributed by atoms with van der Waals surface area (Å²) >= 11 is 0. The zero-order chi connectivity index (χ0) is 20.2. The van der Waals surface area contributed by atoms with Crippen LogP contribution in [0.2, 0.25) is 0 Å². The molecule has 5 nitrogen and oxygen atoms in total. The van der Waals surface area contributed by atoms with E-state index in [1.54, 1.807) is 6.07 Å². The van der Waals surface area contributed by atoms with Gasteiger partial charge in [0.15, 0.2) is 5.76 Å². The van der Waals surface area contributed by atoms with Gasteiger partial charge in [-0.2, -0.15) is 0 Å². The Kier molecular flexibility index (Phi) is 5.92. The van der Waals surface area contributed by atoms with E-state index in [2.05, 4.69) is 15.4 Å². The third-order valence-corrected chi connectivity index (χ3v) is 5.47. The highest BCUT2D eigenvalue weighted by Crippen LogP contribution is 2.30. The summed E-state index contributed by atoms with van der Waals surface area (Å²) in [6, 6.07) is 16.6. The van der Waals surface area contributed by atoms with Crippen molar-refractivity contribution < 1.29 is 14.0 Å². The number of piperidine rings is 1. The summed E-state index contributed by atoms with van der Waals surface area (Å²) in [7, 11) is 0. The van der Waals surface area contributed by atoms with Crippen molar-refractivity contribution in [3.63, 3.8) is 0 Å². The Bertz CT molecular complexity index is 936. The van der Waals surface area contributed by atoms with Gasteiger partial charge < -0.3 is 19.8 Å². The van der Waals surface area contributed by atoms with Crippen molar-refractivity contribution in [1.82, 2.24) is 10.5 Å². The molecule has 2 N–H and O–H groups in total. The molecule has 6 heteroatoms. The van der Waals surface area contributed by atoms with Crippen LogP contribution in [0.4, 0.5) is 10.1 Å². The van der Waals surface area contributed by atoms with Gasteiger partial charge in [-0.15, -0.1) is 0 Å². The van der Waals surface area contributed by atoms with Gasteiger partial charge in [-0.1, -0.05) is 35.5 Å². The summed E-state index contributed by atoms with van der Waals surface area (Å²) in [4.78, 5) is 2.23. The van der Waals surface area contributed by atoms with E-state index in [0.717, 1.165) is 54.2 Å². The number of hydrogen-bond donors (Lipinski definition) is 2. The van der Waals surface area contributed by atoms with Crippen molar-refractivity contribution in [3.05, 3.63) is 71.7 Å². The molecular weight excluding hydrogens is 369 g/mol. The van der Waals surface area contributed by atoms with Crippen LogP contribution in [0.5, 0.6) is 0 Å². The third kappa shape index (κ3) is 4.66. The molecule has 0 radical (unpaired) electrons. The van der Waals surface area contributed by atoms with Crippen molar-refractivity contribution in [2.45, 2.75) is 38.5 Å². The first-order valence-electron chi connectivity index (χ1n) is 10.1. The maximum Gasteiger partial charge on any atom is 0.167 e. The number of rotatable bonds is 6. The lowest BCUT2D eigenvalue weighted by Gasteiger charge is -2.34. The summed E-state index contributed by atoms with van der Waals surface area (Å²) in [5.74, 6) is 0.482. The maximum absolute atomic E-state index is 14.0. The highest BCUT2D eigenvalue weighted by atomic mass is 19.1. The second kappa shape index (κ2) is 8.76. The van der Waals surface area contributed by atoms with E-state index in [-0.39, 0.29) is 18.0 Å². The van der Waals surface area contributed by atoms with Gasteiger partial charge in [0, 0.05) is 43.0 Å². The van der Waals surface area contributed by atoms with E-state index in [9.17, 15) is 9.50 Å². The summed E-state index contributed by atoms with van der Waals surface area (Å²) in [5.41, 5.74) is 3.71. The molecular formula is C23H26FN3O2. The SMILES string of the molecule is C[C@H](NCc1cc(-c2ccccc2)on1)c1cc(F)ccc1N1CCC(O)CC1. The van der Waals surface area contributed by atoms with Crippen LogP contribution < -0.4 is 10.2 Å². The molecule has 152 valence electrons. The van der Waals surface area contributed by atoms with Crippen LogP contribution in [-0.2, 0) is 6.54 Å². The van der Waals surface area contributed by atoms with Crippen LogP contribution in [-0.4, -0.2) is 29.5 Å². The largest absolute Gasteiger partial charge is 0.393 e.